The van der Waals surface area contributed by atoms with Crippen LogP contribution in [0.3, 0.4) is 0 Å². The summed E-state index contributed by atoms with van der Waals surface area (Å²) in [5.74, 6) is -1.44. The van der Waals surface area contributed by atoms with Gasteiger partial charge in [0.05, 0.1) is 22.7 Å². The van der Waals surface area contributed by atoms with Crippen LogP contribution < -0.4 is 5.19 Å². The summed E-state index contributed by atoms with van der Waals surface area (Å²) in [7, 11) is -0.663. The fourth-order valence-electron chi connectivity index (χ4n) is 3.29. The Morgan fingerprint density at radius 1 is 1.12 bits per heavy atom. The molecule has 0 bridgehead atoms. The number of carbonyl (C=O) groups is 3. The lowest BCUT2D eigenvalue weighted by molar-refractivity contribution is -0.197. The van der Waals surface area contributed by atoms with Gasteiger partial charge in [-0.2, -0.15) is 0 Å². The normalized spacial score (nSPS) is 14.6. The van der Waals surface area contributed by atoms with Gasteiger partial charge in [0.1, 0.15) is 0 Å². The summed E-state index contributed by atoms with van der Waals surface area (Å²) in [5.41, 5.74) is 2.35. The molecule has 2 rings (SSSR count). The van der Waals surface area contributed by atoms with E-state index in [-0.39, 0.29) is 19.3 Å². The number of amides is 2. The van der Waals surface area contributed by atoms with Crippen molar-refractivity contribution >= 4 is 31.8 Å². The Balaban J connectivity index is 1.97. The van der Waals surface area contributed by atoms with E-state index < -0.39 is 26.6 Å². The van der Waals surface area contributed by atoms with Crippen molar-refractivity contribution in [3.05, 3.63) is 29.8 Å². The van der Waals surface area contributed by atoms with Gasteiger partial charge in [0.25, 0.3) is 11.8 Å². The van der Waals surface area contributed by atoms with Crippen LogP contribution in [0.5, 0.6) is 0 Å². The lowest BCUT2D eigenvalue weighted by atomic mass is 10.1. The summed E-state index contributed by atoms with van der Waals surface area (Å²) in [6.45, 7) is 9.07. The Kier molecular flexibility index (Phi) is 6.53. The summed E-state index contributed by atoms with van der Waals surface area (Å²) in [5, 5.41) is 1.99. The van der Waals surface area contributed by atoms with E-state index in [1.165, 1.54) is 5.19 Å². The number of rotatable bonds is 7. The van der Waals surface area contributed by atoms with Gasteiger partial charge in [-0.1, -0.05) is 12.1 Å². The molecule has 0 atom stereocenters. The minimum absolute atomic E-state index is 0.114. The van der Waals surface area contributed by atoms with Gasteiger partial charge >= 0.3 is 14.8 Å². The van der Waals surface area contributed by atoms with Crippen molar-refractivity contribution in [2.45, 2.75) is 64.5 Å². The fraction of sp³-hybridized carbons (Fsp3) is 0.526. The summed E-state index contributed by atoms with van der Waals surface area (Å²) in [6.07, 6.45) is 0.910. The Bertz CT molecular complexity index is 633. The van der Waals surface area contributed by atoms with E-state index in [9.17, 15) is 14.4 Å². The molecule has 1 aromatic carbocycles. The highest BCUT2D eigenvalue weighted by atomic mass is 28.3. The number of nitrogens with zero attached hydrogens (tertiary/aromatic N) is 1. The van der Waals surface area contributed by atoms with Gasteiger partial charge < -0.3 is 4.84 Å². The number of carbonyl (C=O) groups excluding carboxylic acids is 3. The molecule has 2 amide bonds. The van der Waals surface area contributed by atoms with Crippen LogP contribution in [0.1, 0.15) is 52.5 Å². The van der Waals surface area contributed by atoms with Crippen molar-refractivity contribution in [2.24, 2.45) is 0 Å². The molecule has 0 aromatic heterocycles. The van der Waals surface area contributed by atoms with E-state index in [4.69, 9.17) is 4.84 Å². The molecular weight excluding hydrogens is 334 g/mol. The highest BCUT2D eigenvalue weighted by Crippen LogP contribution is 2.20. The molecule has 1 saturated heterocycles. The predicted molar refractivity (Wildman–Crippen MR) is 97.5 cm³/mol. The first-order valence-corrected chi connectivity index (χ1v) is 10.5. The Morgan fingerprint density at radius 3 is 2.28 bits per heavy atom. The van der Waals surface area contributed by atoms with Crippen LogP contribution in [-0.4, -0.2) is 31.6 Å². The second-order valence-electron chi connectivity index (χ2n) is 7.01. The van der Waals surface area contributed by atoms with E-state index in [0.29, 0.717) is 22.6 Å². The van der Waals surface area contributed by atoms with Crippen LogP contribution in [-0.2, 0) is 25.6 Å². The maximum Gasteiger partial charge on any atom is 0.357 e. The van der Waals surface area contributed by atoms with Gasteiger partial charge in [0, 0.05) is 12.8 Å². The Morgan fingerprint density at radius 2 is 1.72 bits per heavy atom. The summed E-state index contributed by atoms with van der Waals surface area (Å²) >= 11 is 0. The van der Waals surface area contributed by atoms with Crippen molar-refractivity contribution in [3.63, 3.8) is 0 Å². The molecule has 0 aliphatic carbocycles. The molecular formula is C19H26NO4Si+. The van der Waals surface area contributed by atoms with Crippen LogP contribution in [0.25, 0.3) is 0 Å². The molecule has 5 nitrogen and oxygen atoms in total. The third kappa shape index (κ3) is 5.01. The van der Waals surface area contributed by atoms with Crippen molar-refractivity contribution < 1.29 is 19.2 Å². The topological polar surface area (TPSA) is 63.7 Å². The number of hydrogen-bond donors (Lipinski definition) is 0. The molecule has 1 aliphatic rings. The molecule has 0 unspecified atom stereocenters. The second kappa shape index (κ2) is 8.42. The molecule has 25 heavy (non-hydrogen) atoms. The molecule has 1 heterocycles. The highest BCUT2D eigenvalue weighted by Gasteiger charge is 2.37. The molecule has 0 saturated carbocycles. The number of benzene rings is 1. The molecule has 6 heteroatoms. The van der Waals surface area contributed by atoms with Crippen LogP contribution in [0.15, 0.2) is 24.3 Å². The van der Waals surface area contributed by atoms with Crippen LogP contribution >= 0.6 is 0 Å². The van der Waals surface area contributed by atoms with Crippen LogP contribution in [0.2, 0.25) is 11.1 Å². The van der Waals surface area contributed by atoms with Gasteiger partial charge in [-0.05, 0) is 51.8 Å². The SMILES string of the molecule is CC(C)[Si+](c1cccc(CCC(=O)ON2C(=O)CCC2=O)c1)C(C)C. The minimum atomic E-state index is -0.663. The van der Waals surface area contributed by atoms with E-state index in [1.54, 1.807) is 0 Å². The molecule has 0 radical (unpaired) electrons. The van der Waals surface area contributed by atoms with Gasteiger partial charge in [0.15, 0.2) is 0 Å². The average Bonchev–Trinajstić information content (AvgIpc) is 2.84. The third-order valence-electron chi connectivity index (χ3n) is 4.32. The van der Waals surface area contributed by atoms with Crippen molar-refractivity contribution in [1.82, 2.24) is 5.06 Å². The molecule has 1 fully saturated rings. The van der Waals surface area contributed by atoms with Crippen LogP contribution in [0.4, 0.5) is 0 Å². The zero-order valence-electron chi connectivity index (χ0n) is 15.4. The number of aryl methyl sites for hydroxylation is 1. The van der Waals surface area contributed by atoms with Crippen molar-refractivity contribution in [1.29, 1.82) is 0 Å². The van der Waals surface area contributed by atoms with Gasteiger partial charge in [-0.25, -0.2) is 4.79 Å². The molecule has 0 spiro atoms. The molecule has 1 aromatic rings. The first-order valence-electron chi connectivity index (χ1n) is 8.82. The number of imide groups is 1. The van der Waals surface area contributed by atoms with Gasteiger partial charge in [0.2, 0.25) is 0 Å². The average molecular weight is 361 g/mol. The van der Waals surface area contributed by atoms with E-state index in [0.717, 1.165) is 5.56 Å². The minimum Gasteiger partial charge on any atom is -0.330 e. The van der Waals surface area contributed by atoms with Crippen LogP contribution in [0, 0.1) is 0 Å². The highest BCUT2D eigenvalue weighted by molar-refractivity contribution is 6.75. The van der Waals surface area contributed by atoms with Crippen molar-refractivity contribution in [2.75, 3.05) is 0 Å². The zero-order chi connectivity index (χ0) is 18.6. The van der Waals surface area contributed by atoms with E-state index in [1.807, 2.05) is 12.1 Å². The Hall–Kier alpha value is -1.95. The van der Waals surface area contributed by atoms with Gasteiger partial charge in [-0.3, -0.25) is 9.59 Å². The maximum atomic E-state index is 11.9. The van der Waals surface area contributed by atoms with Crippen molar-refractivity contribution in [3.8, 4) is 0 Å². The second-order valence-corrected chi connectivity index (χ2v) is 10.8. The largest absolute Gasteiger partial charge is 0.357 e. The molecule has 134 valence electrons. The standard InChI is InChI=1S/C19H26NO4Si/c1-13(2)25(14(3)4)16-7-5-6-15(12-16)8-11-19(23)24-20-17(21)9-10-18(20)22/h5-7,12-14H,8-11H2,1-4H3/q+1. The van der Waals surface area contributed by atoms with Gasteiger partial charge in [-0.15, -0.1) is 5.06 Å². The van der Waals surface area contributed by atoms with E-state index in [2.05, 4.69) is 39.8 Å². The summed E-state index contributed by atoms with van der Waals surface area (Å²) in [6, 6.07) is 8.41. The Labute approximate surface area is 150 Å². The monoisotopic (exact) mass is 360 g/mol. The summed E-state index contributed by atoms with van der Waals surface area (Å²) in [4.78, 5) is 39.8. The number of hydroxylamine groups is 2. The lowest BCUT2D eigenvalue weighted by Crippen LogP contribution is -2.36. The maximum absolute atomic E-state index is 11.9. The lowest BCUT2D eigenvalue weighted by Gasteiger charge is -2.13. The fourth-order valence-corrected chi connectivity index (χ4v) is 6.60. The quantitative estimate of drug-likeness (QED) is 0.554. The summed E-state index contributed by atoms with van der Waals surface area (Å²) < 4.78 is 0. The first kappa shape index (κ1) is 19.4. The first-order chi connectivity index (χ1) is 11.8. The zero-order valence-corrected chi connectivity index (χ0v) is 16.4. The smallest absolute Gasteiger partial charge is 0.330 e. The predicted octanol–water partition coefficient (Wildman–Crippen LogP) is 2.75. The third-order valence-corrected chi connectivity index (χ3v) is 7.79. The molecule has 1 aliphatic heterocycles. The number of hydrogen-bond acceptors (Lipinski definition) is 4. The molecule has 0 N–H and O–H groups in total. The van der Waals surface area contributed by atoms with E-state index >= 15 is 0 Å².